The smallest absolute Gasteiger partial charge is 0.381 e. The normalized spacial score (nSPS) is 13.7. The van der Waals surface area contributed by atoms with E-state index >= 15 is 0 Å². The van der Waals surface area contributed by atoms with Crippen LogP contribution < -0.4 is 11.5 Å². The summed E-state index contributed by atoms with van der Waals surface area (Å²) >= 11 is 0. The number of hydrogen-bond donors (Lipinski definition) is 2. The molecule has 1 aromatic rings. The van der Waals surface area contributed by atoms with Gasteiger partial charge in [0.05, 0.1) is 0 Å². The summed E-state index contributed by atoms with van der Waals surface area (Å²) in [5.41, 5.74) is 9.89. The van der Waals surface area contributed by atoms with Gasteiger partial charge in [-0.1, -0.05) is 30.3 Å². The first-order chi connectivity index (χ1) is 10.7. The van der Waals surface area contributed by atoms with E-state index in [2.05, 4.69) is 10.5 Å². The number of ether oxygens (including phenoxy) is 2. The molecule has 0 heterocycles. The molecule has 0 aliphatic carbocycles. The Morgan fingerprint density at radius 3 is 2.09 bits per heavy atom. The largest absolute Gasteiger partial charge is 0.385 e. The molecule has 0 radical (unpaired) electrons. The van der Waals surface area contributed by atoms with Gasteiger partial charge in [0.2, 0.25) is 0 Å². The lowest BCUT2D eigenvalue weighted by atomic mass is 10.00. The highest BCUT2D eigenvalue weighted by atomic mass is 19.3. The van der Waals surface area contributed by atoms with Gasteiger partial charge in [-0.05, 0) is 18.5 Å². The van der Waals surface area contributed by atoms with E-state index in [0.717, 1.165) is 26.7 Å². The van der Waals surface area contributed by atoms with Crippen molar-refractivity contribution in [3.05, 3.63) is 35.9 Å². The van der Waals surface area contributed by atoms with E-state index in [1.54, 1.807) is 25.3 Å². The molecular weight excluding hydrogens is 313 g/mol. The Morgan fingerprint density at radius 1 is 1.17 bits per heavy atom. The third-order valence-electron chi connectivity index (χ3n) is 2.93. The zero-order valence-corrected chi connectivity index (χ0v) is 13.2. The second-order valence-electron chi connectivity index (χ2n) is 4.67. The lowest BCUT2D eigenvalue weighted by molar-refractivity contribution is -0.254. The summed E-state index contributed by atoms with van der Waals surface area (Å²) in [6, 6.07) is 7.68. The lowest BCUT2D eigenvalue weighted by Gasteiger charge is -2.29. The van der Waals surface area contributed by atoms with Gasteiger partial charge in [0, 0.05) is 27.2 Å². The number of methoxy groups -OCH3 is 2. The quantitative estimate of drug-likeness (QED) is 0.707. The third kappa shape index (κ3) is 6.55. The lowest BCUT2D eigenvalue weighted by Crippen LogP contribution is -2.55. The van der Waals surface area contributed by atoms with Crippen molar-refractivity contribution in [2.24, 2.45) is 11.5 Å². The second-order valence-corrected chi connectivity index (χ2v) is 4.67. The van der Waals surface area contributed by atoms with E-state index in [0.29, 0.717) is 0 Å². The molecule has 5 nitrogen and oxygen atoms in total. The van der Waals surface area contributed by atoms with Crippen molar-refractivity contribution in [1.29, 1.82) is 0 Å². The number of halogens is 3. The molecule has 0 aliphatic heterocycles. The number of carbonyl (C=O) groups excluding carboxylic acids is 1. The van der Waals surface area contributed by atoms with Gasteiger partial charge in [0.25, 0.3) is 11.8 Å². The van der Waals surface area contributed by atoms with Gasteiger partial charge in [-0.3, -0.25) is 4.79 Å². The molecule has 0 aliphatic rings. The van der Waals surface area contributed by atoms with Gasteiger partial charge in [0.1, 0.15) is 0 Å². The average Bonchev–Trinajstić information content (AvgIpc) is 2.54. The van der Waals surface area contributed by atoms with Crippen LogP contribution in [0.2, 0.25) is 0 Å². The Hall–Kier alpha value is -1.64. The number of rotatable bonds is 8. The number of benzene rings is 1. The predicted molar refractivity (Wildman–Crippen MR) is 80.7 cm³/mol. The maximum atomic E-state index is 14.0. The number of alkyl halides is 3. The zero-order valence-electron chi connectivity index (χ0n) is 13.2. The molecule has 1 amide bonds. The first-order valence-corrected chi connectivity index (χ1v) is 6.90. The summed E-state index contributed by atoms with van der Waals surface area (Å²) in [6.45, 7) is 1.52. The van der Waals surface area contributed by atoms with Crippen molar-refractivity contribution in [3.63, 3.8) is 0 Å². The van der Waals surface area contributed by atoms with Crippen molar-refractivity contribution in [3.8, 4) is 0 Å². The van der Waals surface area contributed by atoms with Gasteiger partial charge in [-0.25, -0.2) is 4.39 Å². The molecule has 0 saturated carbocycles. The van der Waals surface area contributed by atoms with Crippen LogP contribution in [0.25, 0.3) is 0 Å². The minimum atomic E-state index is -4.39. The van der Waals surface area contributed by atoms with Crippen LogP contribution in [-0.4, -0.2) is 45.1 Å². The van der Waals surface area contributed by atoms with Crippen molar-refractivity contribution in [2.75, 3.05) is 27.4 Å². The Balaban J connectivity index is 0.000000688. The number of hydrogen-bond acceptors (Lipinski definition) is 4. The summed E-state index contributed by atoms with van der Waals surface area (Å²) in [4.78, 5) is 10.6. The van der Waals surface area contributed by atoms with Gasteiger partial charge in [-0.15, -0.1) is 0 Å². The van der Waals surface area contributed by atoms with Crippen molar-refractivity contribution < 1.29 is 27.4 Å². The van der Waals surface area contributed by atoms with E-state index in [4.69, 9.17) is 10.5 Å². The SMILES string of the molecule is COC(F)(Cc1ccccc1)C(F)(F)C(N)=O.COCCCN. The van der Waals surface area contributed by atoms with Crippen LogP contribution in [0.4, 0.5) is 13.2 Å². The molecule has 0 spiro atoms. The van der Waals surface area contributed by atoms with E-state index in [-0.39, 0.29) is 5.56 Å². The third-order valence-corrected chi connectivity index (χ3v) is 2.93. The van der Waals surface area contributed by atoms with Crippen LogP contribution in [-0.2, 0) is 20.7 Å². The Kier molecular flexibility index (Phi) is 9.47. The minimum Gasteiger partial charge on any atom is -0.385 e. The van der Waals surface area contributed by atoms with E-state index in [1.165, 1.54) is 12.1 Å². The molecule has 132 valence electrons. The van der Waals surface area contributed by atoms with Gasteiger partial charge < -0.3 is 20.9 Å². The standard InChI is InChI=1S/C11H12F3NO2.C4H11NO/c1-17-10(12,11(13,14)9(15)16)7-8-5-3-2-4-6-8;1-6-4-2-3-5/h2-6H,7H2,1H3,(H2,15,16);2-5H2,1H3. The maximum Gasteiger partial charge on any atom is 0.381 e. The fourth-order valence-corrected chi connectivity index (χ4v) is 1.58. The molecule has 1 aromatic carbocycles. The van der Waals surface area contributed by atoms with Crippen molar-refractivity contribution >= 4 is 5.91 Å². The molecule has 8 heteroatoms. The molecular formula is C15H23F3N2O3. The summed E-state index contributed by atoms with van der Waals surface area (Å²) < 4.78 is 49.4. The molecule has 0 bridgehead atoms. The zero-order chi connectivity index (χ0) is 17.9. The number of nitrogens with two attached hydrogens (primary N) is 2. The number of amides is 1. The second kappa shape index (κ2) is 10.2. The van der Waals surface area contributed by atoms with Gasteiger partial charge in [0.15, 0.2) is 0 Å². The number of primary amides is 1. The minimum absolute atomic E-state index is 0.276. The first-order valence-electron chi connectivity index (χ1n) is 6.90. The van der Waals surface area contributed by atoms with Crippen LogP contribution in [0.15, 0.2) is 30.3 Å². The van der Waals surface area contributed by atoms with E-state index in [1.807, 2.05) is 0 Å². The molecule has 1 unspecified atom stereocenters. The van der Waals surface area contributed by atoms with E-state index < -0.39 is 24.1 Å². The van der Waals surface area contributed by atoms with Crippen LogP contribution in [0, 0.1) is 0 Å². The molecule has 0 saturated heterocycles. The maximum absolute atomic E-state index is 14.0. The average molecular weight is 336 g/mol. The van der Waals surface area contributed by atoms with Crippen LogP contribution in [0.3, 0.4) is 0 Å². The molecule has 4 N–H and O–H groups in total. The molecule has 0 fully saturated rings. The Labute approximate surface area is 133 Å². The highest BCUT2D eigenvalue weighted by Gasteiger charge is 2.60. The molecule has 1 rings (SSSR count). The van der Waals surface area contributed by atoms with E-state index in [9.17, 15) is 18.0 Å². The van der Waals surface area contributed by atoms with Crippen LogP contribution in [0.5, 0.6) is 0 Å². The molecule has 23 heavy (non-hydrogen) atoms. The fourth-order valence-electron chi connectivity index (χ4n) is 1.58. The van der Waals surface area contributed by atoms with Gasteiger partial charge in [-0.2, -0.15) is 8.78 Å². The monoisotopic (exact) mass is 336 g/mol. The van der Waals surface area contributed by atoms with Crippen molar-refractivity contribution in [1.82, 2.24) is 0 Å². The van der Waals surface area contributed by atoms with Crippen molar-refractivity contribution in [2.45, 2.75) is 24.6 Å². The number of carbonyl (C=O) groups is 1. The molecule has 1 atom stereocenters. The summed E-state index contributed by atoms with van der Waals surface area (Å²) in [7, 11) is 2.44. The summed E-state index contributed by atoms with van der Waals surface area (Å²) in [5.74, 6) is -9.89. The molecule has 0 aromatic heterocycles. The Bertz CT molecular complexity index is 457. The highest BCUT2D eigenvalue weighted by Crippen LogP contribution is 2.36. The van der Waals surface area contributed by atoms with Crippen LogP contribution in [0.1, 0.15) is 12.0 Å². The fraction of sp³-hybridized carbons (Fsp3) is 0.533. The highest BCUT2D eigenvalue weighted by molar-refractivity contribution is 5.82. The summed E-state index contributed by atoms with van der Waals surface area (Å²) in [6.07, 6.45) is 0.205. The van der Waals surface area contributed by atoms with Crippen LogP contribution >= 0.6 is 0 Å². The summed E-state index contributed by atoms with van der Waals surface area (Å²) in [5, 5.41) is 0. The topological polar surface area (TPSA) is 87.6 Å². The first kappa shape index (κ1) is 21.4. The van der Waals surface area contributed by atoms with Gasteiger partial charge >= 0.3 is 5.92 Å². The predicted octanol–water partition coefficient (Wildman–Crippen LogP) is 1.64. The Morgan fingerprint density at radius 2 is 1.74 bits per heavy atom.